The predicted octanol–water partition coefficient (Wildman–Crippen LogP) is -0.767. The molecule has 5 nitrogen and oxygen atoms in total. The Hall–Kier alpha value is -0.380. The minimum absolute atomic E-state index is 0.173. The van der Waals surface area contributed by atoms with Gasteiger partial charge in [0.25, 0.3) is 0 Å². The van der Waals surface area contributed by atoms with Gasteiger partial charge in [-0.1, -0.05) is 0 Å². The van der Waals surface area contributed by atoms with Crippen molar-refractivity contribution < 1.29 is 18.8 Å². The third-order valence-corrected chi connectivity index (χ3v) is 1.66. The van der Waals surface area contributed by atoms with Crippen LogP contribution in [0.5, 0.6) is 0 Å². The van der Waals surface area contributed by atoms with Gasteiger partial charge in [0.1, 0.15) is 6.54 Å². The highest BCUT2D eigenvalue weighted by Gasteiger charge is 2.31. The zero-order valence-corrected chi connectivity index (χ0v) is 4.72. The van der Waals surface area contributed by atoms with E-state index < -0.39 is 13.7 Å². The minimum Gasteiger partial charge on any atom is -0.379 e. The van der Waals surface area contributed by atoms with Crippen LogP contribution in [0.2, 0.25) is 0 Å². The van der Waals surface area contributed by atoms with Gasteiger partial charge in [-0.2, -0.15) is 0 Å². The molecule has 0 aromatic carbocycles. The normalized spacial score (nSPS) is 37.4. The summed E-state index contributed by atoms with van der Waals surface area (Å²) < 4.78 is 14.1. The second-order valence-electron chi connectivity index (χ2n) is 1.32. The van der Waals surface area contributed by atoms with Crippen molar-refractivity contribution in [2.45, 2.75) is 0 Å². The van der Waals surface area contributed by atoms with Gasteiger partial charge >= 0.3 is 13.7 Å². The Morgan fingerprint density at radius 2 is 2.50 bits per heavy atom. The van der Waals surface area contributed by atoms with Gasteiger partial charge in [0.05, 0.1) is 0 Å². The summed E-state index contributed by atoms with van der Waals surface area (Å²) in [5.74, 6) is -0.684. The van der Waals surface area contributed by atoms with Gasteiger partial charge in [-0.15, -0.1) is 0 Å². The van der Waals surface area contributed by atoms with Crippen molar-refractivity contribution in [3.63, 3.8) is 0 Å². The molecule has 0 aromatic rings. The smallest absolute Gasteiger partial charge is 0.379 e. The van der Waals surface area contributed by atoms with E-state index in [1.165, 1.54) is 0 Å². The summed E-state index contributed by atoms with van der Waals surface area (Å²) in [5, 5.41) is 1.98. The molecule has 0 saturated carbocycles. The third-order valence-electron chi connectivity index (χ3n) is 0.649. The molecular weight excluding hydrogens is 133 g/mol. The third kappa shape index (κ3) is 1.06. The van der Waals surface area contributed by atoms with Crippen LogP contribution in [-0.4, -0.2) is 17.4 Å². The first-order valence-electron chi connectivity index (χ1n) is 1.90. The summed E-state index contributed by atoms with van der Waals surface area (Å²) in [6, 6.07) is 0. The van der Waals surface area contributed by atoms with Crippen LogP contribution in [0, 0.1) is 0 Å². The number of carbonyl (C=O) groups excluding carboxylic acids is 1. The topological polar surface area (TPSA) is 75.6 Å². The summed E-state index contributed by atoms with van der Waals surface area (Å²) in [6.45, 7) is -0.173. The van der Waals surface area contributed by atoms with Crippen LogP contribution in [0.1, 0.15) is 0 Å². The summed E-state index contributed by atoms with van der Waals surface area (Å²) >= 11 is 0. The summed E-state index contributed by atoms with van der Waals surface area (Å²) in [5.41, 5.74) is 0. The maximum absolute atomic E-state index is 10.2. The molecule has 0 bridgehead atoms. The quantitative estimate of drug-likeness (QED) is 0.429. The van der Waals surface area contributed by atoms with E-state index in [0.717, 1.165) is 0 Å². The highest BCUT2D eigenvalue weighted by molar-refractivity contribution is 7.51. The van der Waals surface area contributed by atoms with E-state index in [1.807, 2.05) is 5.09 Å². The van der Waals surface area contributed by atoms with Gasteiger partial charge in [-0.25, -0.2) is 9.65 Å². The first-order valence-corrected chi connectivity index (χ1v) is 3.48. The fraction of sp³-hybridized carbons (Fsp3) is 0.500. The summed E-state index contributed by atoms with van der Waals surface area (Å²) in [7, 11) is -3.70. The first kappa shape index (κ1) is 5.75. The monoisotopic (exact) mass is 137 g/mol. The Bertz CT molecular complexity index is 165. The van der Waals surface area contributed by atoms with Gasteiger partial charge < -0.3 is 9.42 Å². The number of hydrogen-bond donors (Lipinski definition) is 2. The van der Waals surface area contributed by atoms with Gasteiger partial charge in [-0.05, 0) is 0 Å². The van der Waals surface area contributed by atoms with E-state index in [0.29, 0.717) is 0 Å². The van der Waals surface area contributed by atoms with Crippen LogP contribution < -0.4 is 5.09 Å². The summed E-state index contributed by atoms with van der Waals surface area (Å²) in [6.07, 6.45) is 0. The highest BCUT2D eigenvalue weighted by atomic mass is 31.2. The van der Waals surface area contributed by atoms with Crippen molar-refractivity contribution in [1.82, 2.24) is 5.09 Å². The number of hydrogen-bond acceptors (Lipinski definition) is 3. The SMILES string of the molecule is O=C1CNP(=O)(O)O1. The van der Waals surface area contributed by atoms with Crippen molar-refractivity contribution in [3.8, 4) is 0 Å². The molecule has 0 aromatic heterocycles. The predicted molar refractivity (Wildman–Crippen MR) is 23.9 cm³/mol. The van der Waals surface area contributed by atoms with Crippen LogP contribution in [0.4, 0.5) is 0 Å². The summed E-state index contributed by atoms with van der Waals surface area (Å²) in [4.78, 5) is 18.4. The molecule has 0 radical (unpaired) electrons. The zero-order chi connectivity index (χ0) is 6.20. The Morgan fingerprint density at radius 3 is 2.62 bits per heavy atom. The minimum atomic E-state index is -3.70. The van der Waals surface area contributed by atoms with Crippen molar-refractivity contribution in [1.29, 1.82) is 0 Å². The Morgan fingerprint density at radius 1 is 1.88 bits per heavy atom. The molecule has 46 valence electrons. The second-order valence-corrected chi connectivity index (χ2v) is 2.86. The lowest BCUT2D eigenvalue weighted by molar-refractivity contribution is -0.131. The zero-order valence-electron chi connectivity index (χ0n) is 3.83. The molecule has 6 heteroatoms. The Labute approximate surface area is 45.2 Å². The fourth-order valence-electron chi connectivity index (χ4n) is 0.367. The number of rotatable bonds is 0. The largest absolute Gasteiger partial charge is 0.458 e. The fourth-order valence-corrected chi connectivity index (χ4v) is 1.10. The van der Waals surface area contributed by atoms with Gasteiger partial charge in [0.2, 0.25) is 0 Å². The maximum Gasteiger partial charge on any atom is 0.458 e. The molecule has 0 aliphatic carbocycles. The molecule has 1 aliphatic rings. The lowest BCUT2D eigenvalue weighted by atomic mass is 10.7. The van der Waals surface area contributed by atoms with E-state index in [-0.39, 0.29) is 6.54 Å². The molecule has 2 N–H and O–H groups in total. The average molecular weight is 137 g/mol. The number of carbonyl (C=O) groups is 1. The molecule has 1 unspecified atom stereocenters. The maximum atomic E-state index is 10.2. The first-order chi connectivity index (χ1) is 3.60. The standard InChI is InChI=1S/C2H4NO4P/c4-2-1-3-8(5,6)7-2/h1H2,(H2,3,5,6). The van der Waals surface area contributed by atoms with Gasteiger partial charge in [0.15, 0.2) is 0 Å². The van der Waals surface area contributed by atoms with Crippen molar-refractivity contribution in [2.75, 3.05) is 6.54 Å². The van der Waals surface area contributed by atoms with E-state index in [1.54, 1.807) is 0 Å². The second kappa shape index (κ2) is 1.55. The lowest BCUT2D eigenvalue weighted by Gasteiger charge is -1.95. The molecule has 1 rings (SSSR count). The van der Waals surface area contributed by atoms with Crippen molar-refractivity contribution in [3.05, 3.63) is 0 Å². The molecule has 1 saturated heterocycles. The number of nitrogens with one attached hydrogen (secondary N) is 1. The molecule has 0 amide bonds. The molecule has 1 fully saturated rings. The Kier molecular flexibility index (Phi) is 1.11. The van der Waals surface area contributed by atoms with E-state index in [2.05, 4.69) is 4.52 Å². The van der Waals surface area contributed by atoms with E-state index in [9.17, 15) is 9.36 Å². The van der Waals surface area contributed by atoms with Crippen LogP contribution in [0.25, 0.3) is 0 Å². The van der Waals surface area contributed by atoms with Crippen molar-refractivity contribution in [2.24, 2.45) is 0 Å². The van der Waals surface area contributed by atoms with Crippen LogP contribution in [0.3, 0.4) is 0 Å². The lowest BCUT2D eigenvalue weighted by Crippen LogP contribution is -2.05. The Balaban J connectivity index is 2.70. The van der Waals surface area contributed by atoms with Crippen LogP contribution in [-0.2, 0) is 13.9 Å². The van der Waals surface area contributed by atoms with E-state index >= 15 is 0 Å². The van der Waals surface area contributed by atoms with Crippen LogP contribution in [0.15, 0.2) is 0 Å². The molecular formula is C2H4NO4P. The molecule has 1 aliphatic heterocycles. The van der Waals surface area contributed by atoms with Crippen molar-refractivity contribution >= 4 is 13.7 Å². The van der Waals surface area contributed by atoms with Gasteiger partial charge in [0, 0.05) is 0 Å². The average Bonchev–Trinajstić information content (AvgIpc) is 1.82. The molecule has 1 atom stereocenters. The molecule has 1 heterocycles. The van der Waals surface area contributed by atoms with Crippen LogP contribution >= 0.6 is 7.75 Å². The highest BCUT2D eigenvalue weighted by Crippen LogP contribution is 2.40. The molecule has 0 spiro atoms. The van der Waals surface area contributed by atoms with Gasteiger partial charge in [-0.3, -0.25) is 4.79 Å². The molecule has 8 heavy (non-hydrogen) atoms. The van der Waals surface area contributed by atoms with E-state index in [4.69, 9.17) is 4.89 Å².